The van der Waals surface area contributed by atoms with E-state index in [0.29, 0.717) is 36.0 Å². The molecule has 41 heavy (non-hydrogen) atoms. The Morgan fingerprint density at radius 3 is 2.56 bits per heavy atom. The number of aromatic amines is 1. The fraction of sp³-hybridized carbons (Fsp3) is 0.147. The third-order valence-electron chi connectivity index (χ3n) is 6.74. The van der Waals surface area contributed by atoms with E-state index in [-0.39, 0.29) is 12.5 Å². The number of nitrogens with one attached hydrogen (secondary N) is 2. The largest absolute Gasteiger partial charge is 0.489 e. The minimum absolute atomic E-state index is 0.115. The Kier molecular flexibility index (Phi) is 8.41. The number of nitriles is 1. The summed E-state index contributed by atoms with van der Waals surface area (Å²) in [5.41, 5.74) is 7.60. The van der Waals surface area contributed by atoms with Crippen LogP contribution in [-0.4, -0.2) is 15.9 Å². The van der Waals surface area contributed by atoms with Gasteiger partial charge in [0.1, 0.15) is 30.5 Å². The first-order chi connectivity index (χ1) is 20.0. The SMILES string of the molecule is CC(=O)NCc1cnc(-c2ccc(OCc3cccc(-c4ccccc4)c3C)cc2OCc2cccc(C#N)c2)[nH]1. The quantitative estimate of drug-likeness (QED) is 0.204. The minimum atomic E-state index is -0.115. The molecule has 0 fully saturated rings. The molecule has 204 valence electrons. The van der Waals surface area contributed by atoms with Crippen LogP contribution in [0.25, 0.3) is 22.5 Å². The molecule has 0 spiro atoms. The molecule has 1 heterocycles. The maximum atomic E-state index is 11.3. The monoisotopic (exact) mass is 542 g/mol. The average molecular weight is 543 g/mol. The minimum Gasteiger partial charge on any atom is -0.489 e. The van der Waals surface area contributed by atoms with Crippen molar-refractivity contribution in [3.05, 3.63) is 125 Å². The number of aromatic nitrogens is 2. The van der Waals surface area contributed by atoms with Gasteiger partial charge in [-0.05, 0) is 59.0 Å². The molecule has 5 rings (SSSR count). The first kappa shape index (κ1) is 27.2. The Morgan fingerprint density at radius 1 is 0.927 bits per heavy atom. The van der Waals surface area contributed by atoms with Crippen molar-refractivity contribution in [1.29, 1.82) is 5.26 Å². The maximum absolute atomic E-state index is 11.3. The number of nitrogens with zero attached hydrogens (tertiary/aromatic N) is 2. The van der Waals surface area contributed by atoms with Crippen LogP contribution in [0.4, 0.5) is 0 Å². The third-order valence-corrected chi connectivity index (χ3v) is 6.74. The first-order valence-electron chi connectivity index (χ1n) is 13.3. The Balaban J connectivity index is 1.39. The van der Waals surface area contributed by atoms with Gasteiger partial charge in [-0.1, -0.05) is 60.7 Å². The standard InChI is InChI=1S/C34H30N4O3/c1-23-28(12-7-13-31(23)27-10-4-3-5-11-27)22-40-30-14-15-32(34-37-20-29(38-34)19-36-24(2)39)33(17-30)41-21-26-9-6-8-25(16-26)18-35/h3-17,20H,19,21-22H2,1-2H3,(H,36,39)(H,37,38). The number of H-pyrrole nitrogens is 1. The number of hydrogen-bond acceptors (Lipinski definition) is 5. The number of hydrogen-bond donors (Lipinski definition) is 2. The van der Waals surface area contributed by atoms with Crippen molar-refractivity contribution >= 4 is 5.91 Å². The van der Waals surface area contributed by atoms with Gasteiger partial charge in [0.05, 0.1) is 35.6 Å². The summed E-state index contributed by atoms with van der Waals surface area (Å²) in [4.78, 5) is 19.1. The number of benzene rings is 4. The third kappa shape index (κ3) is 6.81. The van der Waals surface area contributed by atoms with Gasteiger partial charge in [-0.15, -0.1) is 0 Å². The highest BCUT2D eigenvalue weighted by Gasteiger charge is 2.14. The lowest BCUT2D eigenvalue weighted by atomic mass is 9.97. The highest BCUT2D eigenvalue weighted by atomic mass is 16.5. The van der Waals surface area contributed by atoms with E-state index < -0.39 is 0 Å². The van der Waals surface area contributed by atoms with E-state index in [2.05, 4.69) is 58.6 Å². The molecule has 4 aromatic carbocycles. The summed E-state index contributed by atoms with van der Waals surface area (Å²) in [5.74, 6) is 1.74. The molecule has 0 unspecified atom stereocenters. The molecule has 0 aliphatic rings. The molecule has 1 aromatic heterocycles. The van der Waals surface area contributed by atoms with E-state index in [9.17, 15) is 10.1 Å². The summed E-state index contributed by atoms with van der Waals surface area (Å²) in [6, 6.07) is 31.7. The number of amides is 1. The number of ether oxygens (including phenoxy) is 2. The van der Waals surface area contributed by atoms with Crippen LogP contribution in [0, 0.1) is 18.3 Å². The molecule has 5 aromatic rings. The van der Waals surface area contributed by atoms with Gasteiger partial charge in [0.2, 0.25) is 5.91 Å². The zero-order valence-electron chi connectivity index (χ0n) is 23.0. The summed E-state index contributed by atoms with van der Waals surface area (Å²) >= 11 is 0. The molecular formula is C34H30N4O3. The average Bonchev–Trinajstić information content (AvgIpc) is 3.48. The lowest BCUT2D eigenvalue weighted by Gasteiger charge is -2.15. The topological polar surface area (TPSA) is 100 Å². The molecule has 0 bridgehead atoms. The van der Waals surface area contributed by atoms with Gasteiger partial charge in [-0.3, -0.25) is 4.79 Å². The lowest BCUT2D eigenvalue weighted by molar-refractivity contribution is -0.119. The molecular weight excluding hydrogens is 512 g/mol. The van der Waals surface area contributed by atoms with E-state index in [1.165, 1.54) is 23.6 Å². The van der Waals surface area contributed by atoms with Crippen molar-refractivity contribution in [2.75, 3.05) is 0 Å². The number of carbonyl (C=O) groups excluding carboxylic acids is 1. The number of imidazole rings is 1. The molecule has 7 heteroatoms. The Labute approximate surface area is 239 Å². The second kappa shape index (κ2) is 12.7. The number of rotatable bonds is 10. The first-order valence-corrected chi connectivity index (χ1v) is 13.3. The van der Waals surface area contributed by atoms with Gasteiger partial charge >= 0.3 is 0 Å². The van der Waals surface area contributed by atoms with Crippen LogP contribution in [-0.2, 0) is 24.6 Å². The van der Waals surface area contributed by atoms with E-state index in [0.717, 1.165) is 22.4 Å². The van der Waals surface area contributed by atoms with Crippen LogP contribution in [0.15, 0.2) is 97.2 Å². The van der Waals surface area contributed by atoms with Crippen LogP contribution in [0.1, 0.15) is 34.9 Å². The second-order valence-electron chi connectivity index (χ2n) is 9.67. The van der Waals surface area contributed by atoms with Crippen LogP contribution >= 0.6 is 0 Å². The van der Waals surface area contributed by atoms with E-state index >= 15 is 0 Å². The van der Waals surface area contributed by atoms with Crippen molar-refractivity contribution in [2.45, 2.75) is 33.6 Å². The van der Waals surface area contributed by atoms with Crippen LogP contribution < -0.4 is 14.8 Å². The van der Waals surface area contributed by atoms with Crippen molar-refractivity contribution in [2.24, 2.45) is 0 Å². The van der Waals surface area contributed by atoms with Crippen LogP contribution in [0.2, 0.25) is 0 Å². The van der Waals surface area contributed by atoms with Crippen molar-refractivity contribution in [3.63, 3.8) is 0 Å². The fourth-order valence-electron chi connectivity index (χ4n) is 4.54. The molecule has 0 atom stereocenters. The Hall–Kier alpha value is -5.35. The normalized spacial score (nSPS) is 10.6. The molecule has 0 radical (unpaired) electrons. The van der Waals surface area contributed by atoms with Gasteiger partial charge in [0.15, 0.2) is 0 Å². The number of carbonyl (C=O) groups is 1. The summed E-state index contributed by atoms with van der Waals surface area (Å²) < 4.78 is 12.5. The summed E-state index contributed by atoms with van der Waals surface area (Å²) in [5, 5.41) is 12.0. The molecule has 0 saturated carbocycles. The lowest BCUT2D eigenvalue weighted by Crippen LogP contribution is -2.18. The summed E-state index contributed by atoms with van der Waals surface area (Å²) in [7, 11) is 0. The second-order valence-corrected chi connectivity index (χ2v) is 9.67. The summed E-state index contributed by atoms with van der Waals surface area (Å²) in [6.07, 6.45) is 1.69. The highest BCUT2D eigenvalue weighted by molar-refractivity contribution is 5.73. The molecule has 2 N–H and O–H groups in total. The summed E-state index contributed by atoms with van der Waals surface area (Å²) in [6.45, 7) is 4.61. The zero-order valence-corrected chi connectivity index (χ0v) is 23.0. The molecule has 0 aliphatic heterocycles. The Bertz CT molecular complexity index is 1700. The van der Waals surface area contributed by atoms with Crippen LogP contribution in [0.3, 0.4) is 0 Å². The maximum Gasteiger partial charge on any atom is 0.217 e. The predicted molar refractivity (Wildman–Crippen MR) is 158 cm³/mol. The molecule has 1 amide bonds. The van der Waals surface area contributed by atoms with Gasteiger partial charge in [0, 0.05) is 13.0 Å². The van der Waals surface area contributed by atoms with Crippen molar-refractivity contribution in [3.8, 4) is 40.1 Å². The predicted octanol–water partition coefficient (Wildman–Crippen LogP) is 6.72. The van der Waals surface area contributed by atoms with Gasteiger partial charge in [-0.25, -0.2) is 4.98 Å². The smallest absolute Gasteiger partial charge is 0.217 e. The Morgan fingerprint density at radius 2 is 1.76 bits per heavy atom. The van der Waals surface area contributed by atoms with Gasteiger partial charge in [0.25, 0.3) is 0 Å². The van der Waals surface area contributed by atoms with Gasteiger partial charge < -0.3 is 19.8 Å². The highest BCUT2D eigenvalue weighted by Crippen LogP contribution is 2.34. The van der Waals surface area contributed by atoms with E-state index in [4.69, 9.17) is 9.47 Å². The molecule has 7 nitrogen and oxygen atoms in total. The van der Waals surface area contributed by atoms with Crippen molar-refractivity contribution in [1.82, 2.24) is 15.3 Å². The fourth-order valence-corrected chi connectivity index (χ4v) is 4.54. The van der Waals surface area contributed by atoms with Crippen LogP contribution in [0.5, 0.6) is 11.5 Å². The molecule has 0 saturated heterocycles. The molecule has 0 aliphatic carbocycles. The van der Waals surface area contributed by atoms with E-state index in [1.807, 2.05) is 48.5 Å². The van der Waals surface area contributed by atoms with E-state index in [1.54, 1.807) is 18.3 Å². The van der Waals surface area contributed by atoms with Crippen molar-refractivity contribution < 1.29 is 14.3 Å². The van der Waals surface area contributed by atoms with Gasteiger partial charge in [-0.2, -0.15) is 5.26 Å². The zero-order chi connectivity index (χ0) is 28.6.